The van der Waals surface area contributed by atoms with E-state index in [1.165, 1.54) is 0 Å². The fourth-order valence-corrected chi connectivity index (χ4v) is 5.85. The van der Waals surface area contributed by atoms with E-state index in [-0.39, 0.29) is 23.9 Å². The summed E-state index contributed by atoms with van der Waals surface area (Å²) in [5.74, 6) is 1.94. The predicted octanol–water partition coefficient (Wildman–Crippen LogP) is 2.99. The molecule has 0 aliphatic carbocycles. The minimum absolute atomic E-state index is 0.0741. The Morgan fingerprint density at radius 1 is 1.13 bits per heavy atom. The van der Waals surface area contributed by atoms with E-state index in [0.717, 1.165) is 70.7 Å². The van der Waals surface area contributed by atoms with Crippen LogP contribution in [-0.4, -0.2) is 83.1 Å². The molecule has 2 aromatic heterocycles. The number of pyridine rings is 1. The molecule has 0 bridgehead atoms. The van der Waals surface area contributed by atoms with Crippen molar-refractivity contribution in [3.63, 3.8) is 0 Å². The highest BCUT2D eigenvalue weighted by Crippen LogP contribution is 2.25. The molecule has 0 spiro atoms. The summed E-state index contributed by atoms with van der Waals surface area (Å²) in [7, 11) is 0. The maximum absolute atomic E-state index is 12.9. The summed E-state index contributed by atoms with van der Waals surface area (Å²) in [6, 6.07) is 3.25. The lowest BCUT2D eigenvalue weighted by Gasteiger charge is -2.31. The van der Waals surface area contributed by atoms with E-state index in [4.69, 9.17) is 16.3 Å². The van der Waals surface area contributed by atoms with Gasteiger partial charge in [0.1, 0.15) is 0 Å². The minimum atomic E-state index is -0.214. The van der Waals surface area contributed by atoms with Gasteiger partial charge in [0, 0.05) is 44.8 Å². The van der Waals surface area contributed by atoms with Gasteiger partial charge in [0.15, 0.2) is 0 Å². The van der Waals surface area contributed by atoms with E-state index in [9.17, 15) is 9.59 Å². The van der Waals surface area contributed by atoms with Crippen LogP contribution in [0.3, 0.4) is 0 Å². The number of amides is 2. The molecule has 0 unspecified atom stereocenters. The molecule has 10 nitrogen and oxygen atoms in total. The number of aromatic nitrogens is 3. The van der Waals surface area contributed by atoms with Crippen LogP contribution in [-0.2, 0) is 4.79 Å². The van der Waals surface area contributed by atoms with Crippen molar-refractivity contribution in [1.29, 1.82) is 0 Å². The number of likely N-dealkylation sites (tertiary alicyclic amines) is 1. The van der Waals surface area contributed by atoms with Crippen LogP contribution in [0.5, 0.6) is 5.88 Å². The number of carbonyl (C=O) groups excluding carboxylic acids is 2. The number of nitrogens with zero attached hydrogens (tertiary/aromatic N) is 5. The summed E-state index contributed by atoms with van der Waals surface area (Å²) in [6.07, 6.45) is 10.3. The van der Waals surface area contributed by atoms with Crippen molar-refractivity contribution in [3.05, 3.63) is 40.8 Å². The van der Waals surface area contributed by atoms with Gasteiger partial charge in [-0.05, 0) is 63.9 Å². The largest absolute Gasteiger partial charge is 0.478 e. The van der Waals surface area contributed by atoms with Gasteiger partial charge < -0.3 is 25.2 Å². The molecular formula is C28H38ClN7O3. The molecule has 3 fully saturated rings. The first-order valence-corrected chi connectivity index (χ1v) is 14.5. The minimum Gasteiger partial charge on any atom is -0.478 e. The van der Waals surface area contributed by atoms with Crippen molar-refractivity contribution >= 4 is 29.4 Å². The molecule has 0 saturated carbocycles. The second kappa shape index (κ2) is 12.9. The number of piperidine rings is 1. The lowest BCUT2D eigenvalue weighted by atomic mass is 9.92. The van der Waals surface area contributed by atoms with Crippen molar-refractivity contribution in [2.24, 2.45) is 5.92 Å². The maximum atomic E-state index is 12.9. The molecule has 2 amide bonds. The molecule has 2 aromatic rings. The van der Waals surface area contributed by atoms with Gasteiger partial charge in [-0.15, -0.1) is 0 Å². The molecular weight excluding hydrogens is 518 g/mol. The van der Waals surface area contributed by atoms with Gasteiger partial charge in [-0.3, -0.25) is 9.59 Å². The molecule has 11 heteroatoms. The Hall–Kier alpha value is -2.98. The zero-order valence-electron chi connectivity index (χ0n) is 22.6. The van der Waals surface area contributed by atoms with Crippen LogP contribution in [0.2, 0.25) is 5.02 Å². The molecule has 3 saturated heterocycles. The fraction of sp³-hybridized carbons (Fsp3) is 0.607. The number of carbonyl (C=O) groups is 2. The molecule has 0 radical (unpaired) electrons. The summed E-state index contributed by atoms with van der Waals surface area (Å²) in [5.41, 5.74) is 1.17. The fourth-order valence-electron chi connectivity index (χ4n) is 5.75. The van der Waals surface area contributed by atoms with Crippen LogP contribution in [0.1, 0.15) is 61.0 Å². The zero-order valence-corrected chi connectivity index (χ0v) is 23.3. The van der Waals surface area contributed by atoms with E-state index in [1.807, 2.05) is 11.8 Å². The zero-order chi connectivity index (χ0) is 27.2. The Balaban J connectivity index is 1.01. The third-order valence-electron chi connectivity index (χ3n) is 8.00. The van der Waals surface area contributed by atoms with Gasteiger partial charge in [-0.1, -0.05) is 11.6 Å². The number of anilines is 1. The Labute approximate surface area is 234 Å². The lowest BCUT2D eigenvalue weighted by molar-refractivity contribution is -0.132. The van der Waals surface area contributed by atoms with E-state index >= 15 is 0 Å². The van der Waals surface area contributed by atoms with Gasteiger partial charge in [-0.25, -0.2) is 15.0 Å². The Bertz CT molecular complexity index is 1130. The SMILES string of the molecule is Cc1nc(OCCCC2CCN(c3ncc(Cl)cn3)CC2)ccc1C(=O)N[C@@H]1CN[C@H](C(=O)N2CCCC2)C1. The average Bonchev–Trinajstić information content (AvgIpc) is 3.65. The highest BCUT2D eigenvalue weighted by atomic mass is 35.5. The number of halogens is 1. The van der Waals surface area contributed by atoms with Crippen LogP contribution in [0.4, 0.5) is 5.95 Å². The normalized spacial score (nSPS) is 21.8. The van der Waals surface area contributed by atoms with Crippen molar-refractivity contribution in [3.8, 4) is 5.88 Å². The maximum Gasteiger partial charge on any atom is 0.253 e. The second-order valence-electron chi connectivity index (χ2n) is 10.8. The van der Waals surface area contributed by atoms with Crippen molar-refractivity contribution in [2.75, 3.05) is 44.2 Å². The van der Waals surface area contributed by atoms with Crippen LogP contribution >= 0.6 is 11.6 Å². The van der Waals surface area contributed by atoms with Gasteiger partial charge in [0.25, 0.3) is 5.91 Å². The number of aryl methyl sites for hydroxylation is 1. The van der Waals surface area contributed by atoms with Crippen LogP contribution in [0.15, 0.2) is 24.5 Å². The van der Waals surface area contributed by atoms with Crippen LogP contribution in [0, 0.1) is 12.8 Å². The summed E-state index contributed by atoms with van der Waals surface area (Å²) < 4.78 is 5.90. The molecule has 2 atom stereocenters. The number of hydrogen-bond acceptors (Lipinski definition) is 8. The average molecular weight is 556 g/mol. The topological polar surface area (TPSA) is 113 Å². The number of nitrogens with one attached hydrogen (secondary N) is 2. The quantitative estimate of drug-likeness (QED) is 0.454. The van der Waals surface area contributed by atoms with Gasteiger partial charge in [0.2, 0.25) is 17.7 Å². The van der Waals surface area contributed by atoms with E-state index < -0.39 is 0 Å². The second-order valence-corrected chi connectivity index (χ2v) is 11.2. The molecule has 3 aliphatic rings. The lowest BCUT2D eigenvalue weighted by Crippen LogP contribution is -2.42. The van der Waals surface area contributed by atoms with Gasteiger partial charge in [0.05, 0.1) is 41.3 Å². The highest BCUT2D eigenvalue weighted by molar-refractivity contribution is 6.30. The van der Waals surface area contributed by atoms with E-state index in [2.05, 4.69) is 30.5 Å². The number of hydrogen-bond donors (Lipinski definition) is 2. The molecule has 2 N–H and O–H groups in total. The first kappa shape index (κ1) is 27.6. The van der Waals surface area contributed by atoms with E-state index in [1.54, 1.807) is 24.5 Å². The Kier molecular flexibility index (Phi) is 9.13. The summed E-state index contributed by atoms with van der Waals surface area (Å²) in [5, 5.41) is 6.89. The van der Waals surface area contributed by atoms with Crippen molar-refractivity contribution in [1.82, 2.24) is 30.5 Å². The highest BCUT2D eigenvalue weighted by Gasteiger charge is 2.34. The third-order valence-corrected chi connectivity index (χ3v) is 8.19. The number of ether oxygens (including phenoxy) is 1. The first-order chi connectivity index (χ1) is 19.0. The van der Waals surface area contributed by atoms with Gasteiger partial charge >= 0.3 is 0 Å². The van der Waals surface area contributed by atoms with E-state index in [0.29, 0.717) is 47.7 Å². The van der Waals surface area contributed by atoms with Crippen molar-refractivity contribution < 1.29 is 14.3 Å². The monoisotopic (exact) mass is 555 g/mol. The first-order valence-electron chi connectivity index (χ1n) is 14.1. The predicted molar refractivity (Wildman–Crippen MR) is 149 cm³/mol. The summed E-state index contributed by atoms with van der Waals surface area (Å²) in [4.78, 5) is 42.8. The molecule has 210 valence electrons. The molecule has 5 rings (SSSR count). The molecule has 39 heavy (non-hydrogen) atoms. The van der Waals surface area contributed by atoms with Crippen LogP contribution in [0.25, 0.3) is 0 Å². The standard InChI is InChI=1S/C28H38ClN7O3/c1-19-23(26(37)34-22-15-24(30-18-22)27(38)35-10-2-3-11-35)6-7-25(33-19)39-14-4-5-20-8-12-36(13-9-20)28-31-16-21(29)17-32-28/h6-7,16-17,20,22,24,30H,2-5,8-15,18H2,1H3,(H,34,37)/t22-,24-/m0/s1. The number of rotatable bonds is 9. The Morgan fingerprint density at radius 2 is 1.87 bits per heavy atom. The summed E-state index contributed by atoms with van der Waals surface area (Å²) in [6.45, 7) is 6.59. The Morgan fingerprint density at radius 3 is 2.59 bits per heavy atom. The summed E-state index contributed by atoms with van der Waals surface area (Å²) >= 11 is 5.89. The van der Waals surface area contributed by atoms with Gasteiger partial charge in [-0.2, -0.15) is 0 Å². The molecule has 3 aliphatic heterocycles. The molecule has 5 heterocycles. The molecule has 0 aromatic carbocycles. The third kappa shape index (κ3) is 7.16. The smallest absolute Gasteiger partial charge is 0.253 e. The van der Waals surface area contributed by atoms with Crippen LogP contribution < -0.4 is 20.3 Å². The van der Waals surface area contributed by atoms with Crippen molar-refractivity contribution in [2.45, 2.75) is 64.0 Å².